The van der Waals surface area contributed by atoms with Gasteiger partial charge in [0.1, 0.15) is 5.00 Å². The molecule has 1 atom stereocenters. The van der Waals surface area contributed by atoms with Crippen LogP contribution in [0.1, 0.15) is 47.5 Å². The van der Waals surface area contributed by atoms with Crippen molar-refractivity contribution in [2.45, 2.75) is 49.1 Å². The number of rotatable bonds is 8. The maximum Gasteiger partial charge on any atom is 0.251 e. The number of primary amides is 1. The van der Waals surface area contributed by atoms with E-state index in [1.807, 2.05) is 6.92 Å². The van der Waals surface area contributed by atoms with Gasteiger partial charge in [-0.15, -0.1) is 21.5 Å². The predicted octanol–water partition coefficient (Wildman–Crippen LogP) is 3.13. The van der Waals surface area contributed by atoms with Crippen LogP contribution in [0.2, 0.25) is 0 Å². The number of nitrogens with zero attached hydrogens (tertiary/aromatic N) is 2. The average molecular weight is 412 g/mol. The molecule has 0 spiro atoms. The van der Waals surface area contributed by atoms with Crippen molar-refractivity contribution in [1.82, 2.24) is 10.2 Å². The SMILES string of the molecule is CCCNc1nnc(S[C@H](C)C(=O)Nc2sc3c(c2C(N)=O)CCC3)s1. The first kappa shape index (κ1) is 19.1. The standard InChI is InChI=1S/C16H21N5O2S3/c1-3-7-18-15-20-21-16(26-15)24-8(2)13(23)19-14-11(12(17)22)9-5-4-6-10(9)25-14/h8H,3-7H2,1-2H3,(H2,17,22)(H,18,20)(H,19,23)/t8-/m1/s1. The summed E-state index contributed by atoms with van der Waals surface area (Å²) in [4.78, 5) is 25.5. The smallest absolute Gasteiger partial charge is 0.251 e. The third-order valence-corrected chi connectivity index (χ3v) is 7.26. The van der Waals surface area contributed by atoms with E-state index in [1.165, 1.54) is 34.4 Å². The Morgan fingerprint density at radius 2 is 2.12 bits per heavy atom. The largest absolute Gasteiger partial charge is 0.365 e. The van der Waals surface area contributed by atoms with Crippen LogP contribution in [0.5, 0.6) is 0 Å². The van der Waals surface area contributed by atoms with Crippen molar-refractivity contribution < 1.29 is 9.59 Å². The number of hydrogen-bond donors (Lipinski definition) is 3. The van der Waals surface area contributed by atoms with Crippen LogP contribution in [0.15, 0.2) is 4.34 Å². The number of aromatic nitrogens is 2. The van der Waals surface area contributed by atoms with Gasteiger partial charge in [0.05, 0.1) is 10.8 Å². The van der Waals surface area contributed by atoms with Crippen molar-refractivity contribution in [3.63, 3.8) is 0 Å². The molecule has 0 fully saturated rings. The second-order valence-electron chi connectivity index (χ2n) is 5.97. The van der Waals surface area contributed by atoms with Crippen molar-refractivity contribution in [1.29, 1.82) is 0 Å². The highest BCUT2D eigenvalue weighted by Crippen LogP contribution is 2.39. The zero-order chi connectivity index (χ0) is 18.7. The molecule has 2 heterocycles. The molecule has 26 heavy (non-hydrogen) atoms. The molecule has 140 valence electrons. The average Bonchev–Trinajstić information content (AvgIpc) is 3.28. The van der Waals surface area contributed by atoms with Gasteiger partial charge >= 0.3 is 0 Å². The molecule has 4 N–H and O–H groups in total. The van der Waals surface area contributed by atoms with E-state index in [9.17, 15) is 9.59 Å². The van der Waals surface area contributed by atoms with Crippen LogP contribution in [0.25, 0.3) is 0 Å². The van der Waals surface area contributed by atoms with E-state index in [1.54, 1.807) is 0 Å². The van der Waals surface area contributed by atoms with Gasteiger partial charge in [-0.1, -0.05) is 30.0 Å². The van der Waals surface area contributed by atoms with Crippen LogP contribution in [-0.2, 0) is 17.6 Å². The number of carbonyl (C=O) groups is 2. The summed E-state index contributed by atoms with van der Waals surface area (Å²) in [5.74, 6) is -0.647. The van der Waals surface area contributed by atoms with Crippen LogP contribution in [0, 0.1) is 0 Å². The number of aryl methyl sites for hydroxylation is 1. The molecule has 0 saturated heterocycles. The highest BCUT2D eigenvalue weighted by atomic mass is 32.2. The number of thioether (sulfide) groups is 1. The summed E-state index contributed by atoms with van der Waals surface area (Å²) in [6.07, 6.45) is 3.84. The fourth-order valence-electron chi connectivity index (χ4n) is 2.73. The first-order valence-corrected chi connectivity index (χ1v) is 11.0. The van der Waals surface area contributed by atoms with E-state index in [0.717, 1.165) is 52.1 Å². The van der Waals surface area contributed by atoms with Gasteiger partial charge < -0.3 is 16.4 Å². The minimum atomic E-state index is -0.476. The molecule has 0 unspecified atom stereocenters. The van der Waals surface area contributed by atoms with E-state index < -0.39 is 5.91 Å². The Labute approximate surface area is 164 Å². The first-order valence-electron chi connectivity index (χ1n) is 8.48. The lowest BCUT2D eigenvalue weighted by Crippen LogP contribution is -2.24. The van der Waals surface area contributed by atoms with E-state index in [-0.39, 0.29) is 11.2 Å². The number of nitrogens with one attached hydrogen (secondary N) is 2. The quantitative estimate of drug-likeness (QED) is 0.576. The van der Waals surface area contributed by atoms with Crippen molar-refractivity contribution in [2.24, 2.45) is 5.73 Å². The molecule has 0 bridgehead atoms. The van der Waals surface area contributed by atoms with Crippen molar-refractivity contribution in [2.75, 3.05) is 17.2 Å². The fraction of sp³-hybridized carbons (Fsp3) is 0.500. The first-order chi connectivity index (χ1) is 12.5. The van der Waals surface area contributed by atoms with Crippen LogP contribution in [-0.4, -0.2) is 33.8 Å². The fourth-order valence-corrected chi connectivity index (χ4v) is 5.95. The normalized spacial score (nSPS) is 14.1. The monoisotopic (exact) mass is 411 g/mol. The van der Waals surface area contributed by atoms with Crippen LogP contribution in [0.4, 0.5) is 10.1 Å². The Hall–Kier alpha value is -1.65. The highest BCUT2D eigenvalue weighted by Gasteiger charge is 2.27. The van der Waals surface area contributed by atoms with E-state index in [4.69, 9.17) is 5.73 Å². The highest BCUT2D eigenvalue weighted by molar-refractivity contribution is 8.02. The predicted molar refractivity (Wildman–Crippen MR) is 108 cm³/mol. The van der Waals surface area contributed by atoms with Crippen molar-refractivity contribution in [3.05, 3.63) is 16.0 Å². The summed E-state index contributed by atoms with van der Waals surface area (Å²) in [6.45, 7) is 4.73. The molecule has 0 aliphatic heterocycles. The summed E-state index contributed by atoms with van der Waals surface area (Å²) < 4.78 is 0.732. The zero-order valence-electron chi connectivity index (χ0n) is 14.6. The minimum absolute atomic E-state index is 0.171. The Bertz CT molecular complexity index is 817. The molecule has 1 aliphatic rings. The maximum absolute atomic E-state index is 12.6. The Morgan fingerprint density at radius 1 is 1.31 bits per heavy atom. The van der Waals surface area contributed by atoms with Crippen LogP contribution in [0.3, 0.4) is 0 Å². The summed E-state index contributed by atoms with van der Waals surface area (Å²) in [6, 6.07) is 0. The maximum atomic E-state index is 12.6. The van der Waals surface area contributed by atoms with E-state index in [2.05, 4.69) is 27.8 Å². The van der Waals surface area contributed by atoms with Crippen molar-refractivity contribution in [3.8, 4) is 0 Å². The third-order valence-electron chi connectivity index (χ3n) is 3.98. The summed E-state index contributed by atoms with van der Waals surface area (Å²) in [5, 5.41) is 15.2. The van der Waals surface area contributed by atoms with Crippen LogP contribution < -0.4 is 16.4 Å². The molecule has 0 radical (unpaired) electrons. The molecule has 2 amide bonds. The molecular weight excluding hydrogens is 390 g/mol. The van der Waals surface area contributed by atoms with Gasteiger partial charge in [0.2, 0.25) is 11.0 Å². The van der Waals surface area contributed by atoms with E-state index >= 15 is 0 Å². The lowest BCUT2D eigenvalue weighted by Gasteiger charge is -2.10. The second-order valence-corrected chi connectivity index (χ2v) is 9.65. The second kappa shape index (κ2) is 8.36. The molecular formula is C16H21N5O2S3. The van der Waals surface area contributed by atoms with E-state index in [0.29, 0.717) is 10.6 Å². The van der Waals surface area contributed by atoms with Gasteiger partial charge in [-0.25, -0.2) is 0 Å². The Morgan fingerprint density at radius 3 is 2.85 bits per heavy atom. The minimum Gasteiger partial charge on any atom is -0.365 e. The van der Waals surface area contributed by atoms with Gasteiger partial charge in [0, 0.05) is 11.4 Å². The lowest BCUT2D eigenvalue weighted by molar-refractivity contribution is -0.115. The number of anilines is 2. The molecule has 0 aromatic carbocycles. The molecule has 2 aromatic heterocycles. The number of nitrogens with two attached hydrogens (primary N) is 1. The Kier molecular flexibility index (Phi) is 6.15. The topological polar surface area (TPSA) is 110 Å². The third kappa shape index (κ3) is 4.18. The summed E-state index contributed by atoms with van der Waals surface area (Å²) in [7, 11) is 0. The van der Waals surface area contributed by atoms with Gasteiger partial charge in [-0.05, 0) is 38.2 Å². The Balaban J connectivity index is 1.65. The molecule has 10 heteroatoms. The van der Waals surface area contributed by atoms with Gasteiger partial charge in [0.15, 0.2) is 4.34 Å². The van der Waals surface area contributed by atoms with Gasteiger partial charge in [-0.2, -0.15) is 0 Å². The number of fused-ring (bicyclic) bond motifs is 1. The number of carbonyl (C=O) groups excluding carboxylic acids is 2. The number of thiophene rings is 1. The molecule has 1 aliphatic carbocycles. The summed E-state index contributed by atoms with van der Waals surface area (Å²) >= 11 is 4.25. The number of amides is 2. The summed E-state index contributed by atoms with van der Waals surface area (Å²) in [5.41, 5.74) is 7.03. The molecule has 3 rings (SSSR count). The van der Waals surface area contributed by atoms with Gasteiger partial charge in [0.25, 0.3) is 5.91 Å². The van der Waals surface area contributed by atoms with Gasteiger partial charge in [-0.3, -0.25) is 9.59 Å². The molecule has 0 saturated carbocycles. The number of hydrogen-bond acceptors (Lipinski definition) is 8. The van der Waals surface area contributed by atoms with Crippen LogP contribution >= 0.6 is 34.4 Å². The zero-order valence-corrected chi connectivity index (χ0v) is 17.1. The molecule has 7 nitrogen and oxygen atoms in total. The van der Waals surface area contributed by atoms with Crippen molar-refractivity contribution >= 4 is 56.4 Å². The lowest BCUT2D eigenvalue weighted by atomic mass is 10.1. The molecule has 2 aromatic rings.